The molecule has 2 aromatic heterocycles. The first-order chi connectivity index (χ1) is 7.83. The first kappa shape index (κ1) is 9.14. The number of rotatable bonds is 3. The van der Waals surface area contributed by atoms with E-state index in [-0.39, 0.29) is 5.89 Å². The minimum atomic E-state index is -0.393. The van der Waals surface area contributed by atoms with E-state index < -0.39 is 5.91 Å². The van der Waals surface area contributed by atoms with Gasteiger partial charge in [-0.1, -0.05) is 0 Å². The Morgan fingerprint density at radius 3 is 3.12 bits per heavy atom. The lowest BCUT2D eigenvalue weighted by Crippen LogP contribution is -2.23. The van der Waals surface area contributed by atoms with Crippen molar-refractivity contribution in [3.8, 4) is 0 Å². The molecule has 1 aliphatic rings. The molecule has 0 radical (unpaired) electrons. The van der Waals surface area contributed by atoms with Crippen molar-refractivity contribution in [3.05, 3.63) is 36.3 Å². The maximum atomic E-state index is 11.6. The monoisotopic (exact) mass is 218 g/mol. The van der Waals surface area contributed by atoms with E-state index in [1.165, 1.54) is 4.79 Å². The molecule has 1 aliphatic carbocycles. The molecule has 1 saturated carbocycles. The topological polar surface area (TPSA) is 73.0 Å². The van der Waals surface area contributed by atoms with E-state index in [4.69, 9.17) is 4.42 Å². The SMILES string of the molecule is O=C(Nn1cccn1)c1nc(C2CC2)co1. The van der Waals surface area contributed by atoms with E-state index in [1.54, 1.807) is 24.7 Å². The van der Waals surface area contributed by atoms with E-state index in [2.05, 4.69) is 15.5 Å². The molecule has 1 amide bonds. The molecule has 0 spiro atoms. The van der Waals surface area contributed by atoms with Crippen LogP contribution in [-0.4, -0.2) is 20.8 Å². The van der Waals surface area contributed by atoms with Crippen LogP contribution in [0.1, 0.15) is 35.1 Å². The molecule has 2 heterocycles. The molecule has 3 rings (SSSR count). The van der Waals surface area contributed by atoms with Gasteiger partial charge in [0, 0.05) is 12.1 Å². The number of nitrogens with zero attached hydrogens (tertiary/aromatic N) is 3. The molecule has 0 bridgehead atoms. The van der Waals surface area contributed by atoms with Crippen molar-refractivity contribution in [2.45, 2.75) is 18.8 Å². The van der Waals surface area contributed by atoms with Crippen molar-refractivity contribution in [2.24, 2.45) is 0 Å². The Labute approximate surface area is 91.2 Å². The fraction of sp³-hybridized carbons (Fsp3) is 0.300. The predicted molar refractivity (Wildman–Crippen MR) is 54.4 cm³/mol. The molecule has 0 atom stereocenters. The average Bonchev–Trinajstić information content (AvgIpc) is 2.82. The second-order valence-electron chi connectivity index (χ2n) is 3.74. The van der Waals surface area contributed by atoms with Crippen molar-refractivity contribution in [3.63, 3.8) is 0 Å². The first-order valence-corrected chi connectivity index (χ1v) is 5.09. The summed E-state index contributed by atoms with van der Waals surface area (Å²) >= 11 is 0. The number of aromatic nitrogens is 3. The molecule has 6 heteroatoms. The number of hydrogen-bond acceptors (Lipinski definition) is 4. The van der Waals surface area contributed by atoms with Gasteiger partial charge in [0.2, 0.25) is 0 Å². The maximum Gasteiger partial charge on any atom is 0.327 e. The van der Waals surface area contributed by atoms with Gasteiger partial charge in [-0.3, -0.25) is 4.79 Å². The van der Waals surface area contributed by atoms with Crippen LogP contribution in [0.5, 0.6) is 0 Å². The summed E-state index contributed by atoms with van der Waals surface area (Å²) in [5, 5.41) is 3.85. The Kier molecular flexibility index (Phi) is 1.99. The minimum Gasteiger partial charge on any atom is -0.441 e. The number of carbonyl (C=O) groups is 1. The second kappa shape index (κ2) is 3.48. The van der Waals surface area contributed by atoms with Crippen LogP contribution in [0.2, 0.25) is 0 Å². The van der Waals surface area contributed by atoms with E-state index in [0.717, 1.165) is 18.5 Å². The quantitative estimate of drug-likeness (QED) is 0.838. The molecule has 0 saturated heterocycles. The Bertz CT molecular complexity index is 499. The van der Waals surface area contributed by atoms with E-state index in [1.807, 2.05) is 0 Å². The van der Waals surface area contributed by atoms with Gasteiger partial charge in [-0.25, -0.2) is 10.4 Å². The van der Waals surface area contributed by atoms with E-state index in [9.17, 15) is 4.79 Å². The summed E-state index contributed by atoms with van der Waals surface area (Å²) in [7, 11) is 0. The molecule has 0 aromatic carbocycles. The Morgan fingerprint density at radius 1 is 1.56 bits per heavy atom. The molecular weight excluding hydrogens is 208 g/mol. The van der Waals surface area contributed by atoms with E-state index in [0.29, 0.717) is 5.92 Å². The maximum absolute atomic E-state index is 11.6. The van der Waals surface area contributed by atoms with Crippen molar-refractivity contribution in [1.82, 2.24) is 14.9 Å². The Morgan fingerprint density at radius 2 is 2.44 bits per heavy atom. The summed E-state index contributed by atoms with van der Waals surface area (Å²) in [6.07, 6.45) is 7.02. The third kappa shape index (κ3) is 1.69. The van der Waals surface area contributed by atoms with Gasteiger partial charge in [-0.15, -0.1) is 0 Å². The van der Waals surface area contributed by atoms with Crippen LogP contribution in [-0.2, 0) is 0 Å². The number of nitrogens with one attached hydrogen (secondary N) is 1. The third-order valence-corrected chi connectivity index (χ3v) is 2.43. The Balaban J connectivity index is 1.73. The smallest absolute Gasteiger partial charge is 0.327 e. The van der Waals surface area contributed by atoms with Gasteiger partial charge in [-0.2, -0.15) is 9.89 Å². The second-order valence-corrected chi connectivity index (χ2v) is 3.74. The summed E-state index contributed by atoms with van der Waals surface area (Å²) in [5.74, 6) is 0.169. The average molecular weight is 218 g/mol. The summed E-state index contributed by atoms with van der Waals surface area (Å²) < 4.78 is 5.11. The number of amides is 1. The highest BCUT2D eigenvalue weighted by molar-refractivity contribution is 5.95. The van der Waals surface area contributed by atoms with Crippen LogP contribution in [0, 0.1) is 0 Å². The zero-order valence-corrected chi connectivity index (χ0v) is 8.46. The highest BCUT2D eigenvalue weighted by atomic mass is 16.4. The predicted octanol–water partition coefficient (Wildman–Crippen LogP) is 1.13. The van der Waals surface area contributed by atoms with Gasteiger partial charge in [0.15, 0.2) is 0 Å². The molecule has 1 N–H and O–H groups in total. The van der Waals surface area contributed by atoms with Crippen molar-refractivity contribution >= 4 is 5.91 Å². The van der Waals surface area contributed by atoms with Gasteiger partial charge in [0.25, 0.3) is 5.89 Å². The zero-order valence-electron chi connectivity index (χ0n) is 8.46. The number of oxazole rings is 1. The molecule has 1 fully saturated rings. The van der Waals surface area contributed by atoms with Crippen molar-refractivity contribution < 1.29 is 9.21 Å². The molecule has 0 unspecified atom stereocenters. The summed E-state index contributed by atoms with van der Waals surface area (Å²) in [5.41, 5.74) is 3.39. The Hall–Kier alpha value is -2.11. The van der Waals surface area contributed by atoms with Gasteiger partial charge in [0.05, 0.1) is 11.9 Å². The zero-order chi connectivity index (χ0) is 11.0. The summed E-state index contributed by atoms with van der Waals surface area (Å²) in [4.78, 5) is 17.1. The summed E-state index contributed by atoms with van der Waals surface area (Å²) in [6.45, 7) is 0. The van der Waals surface area contributed by atoms with Crippen LogP contribution < -0.4 is 5.43 Å². The lowest BCUT2D eigenvalue weighted by atomic mass is 10.3. The van der Waals surface area contributed by atoms with Crippen LogP contribution in [0.3, 0.4) is 0 Å². The standard InChI is InChI=1S/C10H10N4O2/c15-9(13-14-5-1-4-11-14)10-12-8(6-16-10)7-2-3-7/h1,4-7H,2-3H2,(H,13,15). The van der Waals surface area contributed by atoms with Gasteiger partial charge in [0.1, 0.15) is 6.26 Å². The van der Waals surface area contributed by atoms with E-state index >= 15 is 0 Å². The highest BCUT2D eigenvalue weighted by Gasteiger charge is 2.28. The van der Waals surface area contributed by atoms with Crippen LogP contribution in [0.15, 0.2) is 29.1 Å². The molecule has 2 aromatic rings. The first-order valence-electron chi connectivity index (χ1n) is 5.09. The third-order valence-electron chi connectivity index (χ3n) is 2.43. The molecule has 82 valence electrons. The normalized spacial score (nSPS) is 15.0. The lowest BCUT2D eigenvalue weighted by Gasteiger charge is -1.99. The van der Waals surface area contributed by atoms with Gasteiger partial charge < -0.3 is 4.42 Å². The molecule has 6 nitrogen and oxygen atoms in total. The number of hydrogen-bond donors (Lipinski definition) is 1. The van der Waals surface area contributed by atoms with Crippen LogP contribution in [0.25, 0.3) is 0 Å². The molecular formula is C10H10N4O2. The van der Waals surface area contributed by atoms with Crippen molar-refractivity contribution in [2.75, 3.05) is 5.43 Å². The van der Waals surface area contributed by atoms with Gasteiger partial charge in [-0.05, 0) is 18.9 Å². The fourth-order valence-corrected chi connectivity index (χ4v) is 1.44. The highest BCUT2D eigenvalue weighted by Crippen LogP contribution is 2.39. The minimum absolute atomic E-state index is 0.0809. The molecule has 0 aliphatic heterocycles. The largest absolute Gasteiger partial charge is 0.441 e. The van der Waals surface area contributed by atoms with Crippen LogP contribution in [0.4, 0.5) is 0 Å². The van der Waals surface area contributed by atoms with Crippen molar-refractivity contribution in [1.29, 1.82) is 0 Å². The van der Waals surface area contributed by atoms with Gasteiger partial charge >= 0.3 is 5.91 Å². The van der Waals surface area contributed by atoms with Crippen LogP contribution >= 0.6 is 0 Å². The summed E-state index contributed by atoms with van der Waals surface area (Å²) in [6, 6.07) is 1.71. The lowest BCUT2D eigenvalue weighted by molar-refractivity contribution is 0.0972. The number of carbonyl (C=O) groups excluding carboxylic acids is 1. The molecule has 16 heavy (non-hydrogen) atoms. The fourth-order valence-electron chi connectivity index (χ4n) is 1.44.